The highest BCUT2D eigenvalue weighted by Crippen LogP contribution is 2.22. The molecule has 0 atom stereocenters. The minimum Gasteiger partial charge on any atom is -0.439 e. The van der Waals surface area contributed by atoms with Crippen LogP contribution in [0.25, 0.3) is 22.8 Å². The number of hydrogen-bond acceptors (Lipinski definition) is 3. The van der Waals surface area contributed by atoms with E-state index in [-0.39, 0.29) is 6.85 Å². The fourth-order valence-electron chi connectivity index (χ4n) is 3.65. The van der Waals surface area contributed by atoms with Gasteiger partial charge in [-0.25, -0.2) is 9.55 Å². The van der Waals surface area contributed by atoms with E-state index in [1.807, 2.05) is 6.07 Å². The average Bonchev–Trinajstić information content (AvgIpc) is 2.90. The van der Waals surface area contributed by atoms with Crippen molar-refractivity contribution in [3.63, 3.8) is 0 Å². The third-order valence-electron chi connectivity index (χ3n) is 4.98. The van der Waals surface area contributed by atoms with Crippen molar-refractivity contribution in [2.75, 3.05) is 4.81 Å². The molecule has 0 saturated heterocycles. The van der Waals surface area contributed by atoms with Crippen molar-refractivity contribution < 1.29 is 8.98 Å². The minimum atomic E-state index is 0.214. The maximum Gasteiger partial charge on any atom is 0.405 e. The number of hydrogen-bond donors (Lipinski definition) is 0. The Morgan fingerprint density at radius 3 is 2.79 bits per heavy atom. The molecule has 3 aromatic rings. The Kier molecular flexibility index (Phi) is 3.27. The standard InChI is InChI=1S/C19H21BN3O/c1-12-9-17(22(5)11-13(12)2)23-14(3)18-15-7-6-8-21-19(15)24-16(18)10-20(23)4/h6-11H,1-5H3/q+1. The van der Waals surface area contributed by atoms with Crippen LogP contribution in [0, 0.1) is 13.8 Å². The van der Waals surface area contributed by atoms with Crippen LogP contribution in [0.5, 0.6) is 0 Å². The Balaban J connectivity index is 2.04. The number of fused-ring (bicyclic) bond motifs is 3. The van der Waals surface area contributed by atoms with Gasteiger partial charge in [0.15, 0.2) is 0 Å². The second kappa shape index (κ2) is 5.23. The SMILES string of the molecule is CB1C=c2oc3ncccc3c2=C(C)N1c1cc(C)c(C)c[n+]1C. The van der Waals surface area contributed by atoms with Crippen molar-refractivity contribution in [3.05, 3.63) is 52.4 Å². The van der Waals surface area contributed by atoms with Gasteiger partial charge in [-0.3, -0.25) is 4.81 Å². The molecule has 3 aromatic heterocycles. The van der Waals surface area contributed by atoms with E-state index in [1.54, 1.807) is 6.20 Å². The number of anilines is 1. The molecule has 0 aliphatic carbocycles. The van der Waals surface area contributed by atoms with Gasteiger partial charge in [-0.1, -0.05) is 0 Å². The third kappa shape index (κ3) is 2.08. The highest BCUT2D eigenvalue weighted by molar-refractivity contribution is 6.77. The van der Waals surface area contributed by atoms with Crippen molar-refractivity contribution in [2.24, 2.45) is 7.05 Å². The van der Waals surface area contributed by atoms with Crippen LogP contribution in [0.4, 0.5) is 5.82 Å². The van der Waals surface area contributed by atoms with E-state index in [4.69, 9.17) is 4.42 Å². The maximum absolute atomic E-state index is 5.97. The molecule has 0 radical (unpaired) electrons. The summed E-state index contributed by atoms with van der Waals surface area (Å²) in [6.07, 6.45) is 3.96. The van der Waals surface area contributed by atoms with Crippen LogP contribution in [0.1, 0.15) is 18.1 Å². The van der Waals surface area contributed by atoms with Crippen molar-refractivity contribution in [2.45, 2.75) is 27.6 Å². The molecule has 1 aliphatic heterocycles. The predicted octanol–water partition coefficient (Wildman–Crippen LogP) is 1.86. The van der Waals surface area contributed by atoms with Gasteiger partial charge in [0.25, 0.3) is 5.82 Å². The van der Waals surface area contributed by atoms with Crippen LogP contribution in [-0.2, 0) is 7.05 Å². The minimum absolute atomic E-state index is 0.214. The summed E-state index contributed by atoms with van der Waals surface area (Å²) in [5.74, 6) is 3.36. The summed E-state index contributed by atoms with van der Waals surface area (Å²) in [5.41, 5.74) is 5.43. The normalized spacial score (nSPS) is 14.1. The molecule has 0 N–H and O–H groups in total. The number of nitrogens with zero attached hydrogens (tertiary/aromatic N) is 3. The van der Waals surface area contributed by atoms with Gasteiger partial charge in [-0.05, 0) is 56.8 Å². The van der Waals surface area contributed by atoms with Crippen LogP contribution < -0.4 is 20.0 Å². The van der Waals surface area contributed by atoms with Crippen molar-refractivity contribution in [3.8, 4) is 0 Å². The first-order valence-electron chi connectivity index (χ1n) is 8.30. The third-order valence-corrected chi connectivity index (χ3v) is 4.98. The van der Waals surface area contributed by atoms with Crippen LogP contribution in [-0.4, -0.2) is 11.8 Å². The molecule has 0 saturated carbocycles. The molecule has 120 valence electrons. The largest absolute Gasteiger partial charge is 0.439 e. The second-order valence-electron chi connectivity index (χ2n) is 6.67. The quantitative estimate of drug-likeness (QED) is 0.507. The van der Waals surface area contributed by atoms with Gasteiger partial charge in [0.1, 0.15) is 5.42 Å². The Bertz CT molecular complexity index is 1080. The summed E-state index contributed by atoms with van der Waals surface area (Å²) in [6, 6.07) is 6.30. The number of rotatable bonds is 1. The molecule has 4 nitrogen and oxygen atoms in total. The molecule has 4 heterocycles. The van der Waals surface area contributed by atoms with Crippen molar-refractivity contribution >= 4 is 35.4 Å². The molecule has 0 fully saturated rings. The first-order valence-corrected chi connectivity index (χ1v) is 8.30. The van der Waals surface area contributed by atoms with E-state index in [1.165, 1.54) is 22.6 Å². The Morgan fingerprint density at radius 2 is 2.00 bits per heavy atom. The topological polar surface area (TPSA) is 33.2 Å². The van der Waals surface area contributed by atoms with Gasteiger partial charge in [0.05, 0.1) is 29.5 Å². The fourth-order valence-corrected chi connectivity index (χ4v) is 3.65. The molecule has 0 bridgehead atoms. The summed E-state index contributed by atoms with van der Waals surface area (Å²) < 4.78 is 8.16. The van der Waals surface area contributed by atoms with E-state index in [9.17, 15) is 0 Å². The van der Waals surface area contributed by atoms with E-state index < -0.39 is 0 Å². The summed E-state index contributed by atoms with van der Waals surface area (Å²) in [4.78, 5) is 6.73. The predicted molar refractivity (Wildman–Crippen MR) is 98.0 cm³/mol. The van der Waals surface area contributed by atoms with Gasteiger partial charge in [-0.2, -0.15) is 0 Å². The highest BCUT2D eigenvalue weighted by Gasteiger charge is 2.33. The van der Waals surface area contributed by atoms with Crippen molar-refractivity contribution in [1.29, 1.82) is 0 Å². The van der Waals surface area contributed by atoms with Gasteiger partial charge >= 0.3 is 6.85 Å². The zero-order valence-electron chi connectivity index (χ0n) is 14.8. The van der Waals surface area contributed by atoms with Crippen LogP contribution in [0.2, 0.25) is 6.82 Å². The number of furan rings is 1. The molecule has 0 amide bonds. The monoisotopic (exact) mass is 318 g/mol. The van der Waals surface area contributed by atoms with Crippen LogP contribution >= 0.6 is 0 Å². The molecule has 0 aromatic carbocycles. The molecule has 0 spiro atoms. The highest BCUT2D eigenvalue weighted by atomic mass is 16.3. The smallest absolute Gasteiger partial charge is 0.405 e. The Hall–Kier alpha value is -2.56. The molecular weight excluding hydrogens is 297 g/mol. The number of pyridine rings is 2. The first kappa shape index (κ1) is 15.0. The Labute approximate surface area is 141 Å². The summed E-state index contributed by atoms with van der Waals surface area (Å²) in [5, 5.41) is 2.22. The Morgan fingerprint density at radius 1 is 1.21 bits per heavy atom. The fraction of sp³-hybridized carbons (Fsp3) is 0.263. The van der Waals surface area contributed by atoms with Gasteiger partial charge < -0.3 is 4.42 Å². The van der Waals surface area contributed by atoms with E-state index in [0.717, 1.165) is 16.0 Å². The second-order valence-corrected chi connectivity index (χ2v) is 6.67. The van der Waals surface area contributed by atoms with E-state index in [2.05, 4.69) is 73.3 Å². The zero-order valence-corrected chi connectivity index (χ0v) is 14.8. The first-order chi connectivity index (χ1) is 11.5. The number of aromatic nitrogens is 2. The molecule has 0 unspecified atom stereocenters. The van der Waals surface area contributed by atoms with Crippen LogP contribution in [0.15, 0.2) is 35.0 Å². The summed E-state index contributed by atoms with van der Waals surface area (Å²) >= 11 is 0. The van der Waals surface area contributed by atoms with Gasteiger partial charge in [0.2, 0.25) is 5.71 Å². The lowest BCUT2D eigenvalue weighted by molar-refractivity contribution is -0.658. The lowest BCUT2D eigenvalue weighted by atomic mass is 9.61. The van der Waals surface area contributed by atoms with Crippen molar-refractivity contribution in [1.82, 2.24) is 4.98 Å². The molecule has 4 rings (SSSR count). The molecular formula is C19H21BN3O+. The lowest BCUT2D eigenvalue weighted by Gasteiger charge is -2.24. The summed E-state index contributed by atoms with van der Waals surface area (Å²) in [7, 11) is 2.10. The zero-order chi connectivity index (χ0) is 17.0. The van der Waals surface area contributed by atoms with E-state index >= 15 is 0 Å². The van der Waals surface area contributed by atoms with Gasteiger partial charge in [0, 0.05) is 12.3 Å². The molecule has 1 aliphatic rings. The van der Waals surface area contributed by atoms with Gasteiger partial charge in [-0.15, -0.1) is 0 Å². The summed E-state index contributed by atoms with van der Waals surface area (Å²) in [6.45, 7) is 8.89. The maximum atomic E-state index is 5.97. The number of aryl methyl sites for hydroxylation is 3. The lowest BCUT2D eigenvalue weighted by Crippen LogP contribution is -2.50. The van der Waals surface area contributed by atoms with E-state index in [0.29, 0.717) is 5.71 Å². The van der Waals surface area contributed by atoms with Crippen LogP contribution in [0.3, 0.4) is 0 Å². The molecule has 24 heavy (non-hydrogen) atoms. The average molecular weight is 318 g/mol. The molecule has 5 heteroatoms.